The van der Waals surface area contributed by atoms with Crippen LogP contribution in [0.15, 0.2) is 30.3 Å². The highest BCUT2D eigenvalue weighted by atomic mass is 16.7. The number of esters is 1. The van der Waals surface area contributed by atoms with Crippen LogP contribution in [-0.4, -0.2) is 24.8 Å². The second kappa shape index (κ2) is 5.53. The Morgan fingerprint density at radius 3 is 2.78 bits per heavy atom. The molecule has 0 saturated carbocycles. The molecule has 0 spiro atoms. The van der Waals surface area contributed by atoms with Crippen molar-refractivity contribution < 1.29 is 23.8 Å². The molecule has 5 heteroatoms. The molecule has 1 aliphatic heterocycles. The fourth-order valence-corrected chi connectivity index (χ4v) is 1.66. The Bertz CT molecular complexity index is 428. The Balaban J connectivity index is 1.86. The largest absolute Gasteiger partial charge is 0.508 e. The van der Waals surface area contributed by atoms with Gasteiger partial charge >= 0.3 is 12.1 Å². The highest BCUT2D eigenvalue weighted by molar-refractivity contribution is 5.75. The zero-order chi connectivity index (χ0) is 13.0. The SMILES string of the molecule is C[C@H]1OC(=O)OC[C@H]1C(=O)OCc1ccccc1. The van der Waals surface area contributed by atoms with Gasteiger partial charge in [-0.1, -0.05) is 30.3 Å². The van der Waals surface area contributed by atoms with Crippen molar-refractivity contribution in [2.75, 3.05) is 6.61 Å². The van der Waals surface area contributed by atoms with E-state index in [2.05, 4.69) is 4.74 Å². The summed E-state index contributed by atoms with van der Waals surface area (Å²) < 4.78 is 14.6. The molecule has 2 rings (SSSR count). The smallest absolute Gasteiger partial charge is 0.460 e. The van der Waals surface area contributed by atoms with Gasteiger partial charge in [0.1, 0.15) is 25.2 Å². The summed E-state index contributed by atoms with van der Waals surface area (Å²) in [5.41, 5.74) is 0.909. The first kappa shape index (κ1) is 12.4. The van der Waals surface area contributed by atoms with E-state index < -0.39 is 24.1 Å². The maximum atomic E-state index is 11.8. The second-order valence-corrected chi connectivity index (χ2v) is 4.08. The van der Waals surface area contributed by atoms with Crippen molar-refractivity contribution in [1.82, 2.24) is 0 Å². The summed E-state index contributed by atoms with van der Waals surface area (Å²) in [5, 5.41) is 0. The first-order valence-corrected chi connectivity index (χ1v) is 5.71. The highest BCUT2D eigenvalue weighted by Crippen LogP contribution is 2.17. The maximum Gasteiger partial charge on any atom is 0.508 e. The fourth-order valence-electron chi connectivity index (χ4n) is 1.66. The topological polar surface area (TPSA) is 61.8 Å². The van der Waals surface area contributed by atoms with E-state index in [1.165, 1.54) is 0 Å². The van der Waals surface area contributed by atoms with E-state index in [1.807, 2.05) is 30.3 Å². The first-order valence-electron chi connectivity index (χ1n) is 5.71. The molecule has 1 heterocycles. The van der Waals surface area contributed by atoms with E-state index >= 15 is 0 Å². The van der Waals surface area contributed by atoms with Crippen LogP contribution in [0.25, 0.3) is 0 Å². The number of carbonyl (C=O) groups is 2. The Morgan fingerprint density at radius 2 is 2.11 bits per heavy atom. The molecule has 1 fully saturated rings. The standard InChI is InChI=1S/C13H14O5/c1-9-11(8-17-13(15)18-9)12(14)16-7-10-5-3-2-4-6-10/h2-6,9,11H,7-8H2,1H3/t9-,11-/m1/s1. The van der Waals surface area contributed by atoms with Gasteiger partial charge < -0.3 is 14.2 Å². The third kappa shape index (κ3) is 3.00. The Labute approximate surface area is 105 Å². The van der Waals surface area contributed by atoms with Gasteiger partial charge in [0, 0.05) is 0 Å². The predicted molar refractivity (Wildman–Crippen MR) is 61.6 cm³/mol. The molecule has 0 N–H and O–H groups in total. The van der Waals surface area contributed by atoms with E-state index in [9.17, 15) is 9.59 Å². The van der Waals surface area contributed by atoms with Gasteiger partial charge in [0.2, 0.25) is 0 Å². The number of ether oxygens (including phenoxy) is 3. The lowest BCUT2D eigenvalue weighted by atomic mass is 10.0. The van der Waals surface area contributed by atoms with Gasteiger partial charge in [-0.25, -0.2) is 4.79 Å². The summed E-state index contributed by atoms with van der Waals surface area (Å²) in [5.74, 6) is -0.981. The molecular formula is C13H14O5. The first-order chi connectivity index (χ1) is 8.66. The van der Waals surface area contributed by atoms with Crippen LogP contribution in [0.1, 0.15) is 12.5 Å². The lowest BCUT2D eigenvalue weighted by Crippen LogP contribution is -2.40. The molecule has 1 aliphatic rings. The minimum atomic E-state index is -0.741. The summed E-state index contributed by atoms with van der Waals surface area (Å²) in [6.45, 7) is 1.86. The average Bonchev–Trinajstić information content (AvgIpc) is 2.37. The molecule has 5 nitrogen and oxygen atoms in total. The van der Waals surface area contributed by atoms with Crippen LogP contribution in [-0.2, 0) is 25.6 Å². The minimum Gasteiger partial charge on any atom is -0.460 e. The number of hydrogen-bond donors (Lipinski definition) is 0. The van der Waals surface area contributed by atoms with Gasteiger partial charge in [-0.3, -0.25) is 4.79 Å². The molecule has 0 aromatic heterocycles. The van der Waals surface area contributed by atoms with E-state index in [1.54, 1.807) is 6.92 Å². The Morgan fingerprint density at radius 1 is 1.39 bits per heavy atom. The van der Waals surface area contributed by atoms with Gasteiger partial charge in [-0.15, -0.1) is 0 Å². The zero-order valence-corrected chi connectivity index (χ0v) is 10.00. The minimum absolute atomic E-state index is 0.00756. The van der Waals surface area contributed by atoms with Gasteiger partial charge in [0.15, 0.2) is 0 Å². The number of carbonyl (C=O) groups excluding carboxylic acids is 2. The third-order valence-corrected chi connectivity index (χ3v) is 2.76. The summed E-state index contributed by atoms with van der Waals surface area (Å²) in [6, 6.07) is 9.37. The van der Waals surface area contributed by atoms with Crippen molar-refractivity contribution in [2.24, 2.45) is 5.92 Å². The second-order valence-electron chi connectivity index (χ2n) is 4.08. The van der Waals surface area contributed by atoms with Gasteiger partial charge in [-0.2, -0.15) is 0 Å². The predicted octanol–water partition coefficient (Wildman–Crippen LogP) is 1.90. The molecule has 1 saturated heterocycles. The summed E-state index contributed by atoms with van der Waals surface area (Å²) in [7, 11) is 0. The van der Waals surface area contributed by atoms with Crippen molar-refractivity contribution in [3.05, 3.63) is 35.9 Å². The molecule has 1 aromatic carbocycles. The van der Waals surface area contributed by atoms with Crippen molar-refractivity contribution in [3.8, 4) is 0 Å². The molecule has 1 aromatic rings. The van der Waals surface area contributed by atoms with Crippen molar-refractivity contribution in [3.63, 3.8) is 0 Å². The van der Waals surface area contributed by atoms with Crippen LogP contribution in [0, 0.1) is 5.92 Å². The molecule has 0 amide bonds. The average molecular weight is 250 g/mol. The van der Waals surface area contributed by atoms with Crippen LogP contribution >= 0.6 is 0 Å². The Hall–Kier alpha value is -2.04. The normalized spacial score (nSPS) is 22.8. The van der Waals surface area contributed by atoms with Crippen LogP contribution in [0.3, 0.4) is 0 Å². The quantitative estimate of drug-likeness (QED) is 0.767. The van der Waals surface area contributed by atoms with Crippen molar-refractivity contribution in [1.29, 1.82) is 0 Å². The molecule has 0 unspecified atom stereocenters. The van der Waals surface area contributed by atoms with E-state index in [4.69, 9.17) is 9.47 Å². The molecule has 0 bridgehead atoms. The number of rotatable bonds is 3. The van der Waals surface area contributed by atoms with Gasteiger partial charge in [0.05, 0.1) is 0 Å². The lowest BCUT2D eigenvalue weighted by molar-refractivity contribution is -0.160. The van der Waals surface area contributed by atoms with Crippen LogP contribution in [0.2, 0.25) is 0 Å². The highest BCUT2D eigenvalue weighted by Gasteiger charge is 2.35. The summed E-state index contributed by atoms with van der Waals surface area (Å²) >= 11 is 0. The zero-order valence-electron chi connectivity index (χ0n) is 10.00. The molecule has 0 radical (unpaired) electrons. The molecule has 0 aliphatic carbocycles. The molecular weight excluding hydrogens is 236 g/mol. The van der Waals surface area contributed by atoms with E-state index in [0.717, 1.165) is 5.56 Å². The molecule has 96 valence electrons. The van der Waals surface area contributed by atoms with Gasteiger partial charge in [0.25, 0.3) is 0 Å². The molecule has 18 heavy (non-hydrogen) atoms. The molecule has 2 atom stereocenters. The number of benzene rings is 1. The Kier molecular flexibility index (Phi) is 3.82. The monoisotopic (exact) mass is 250 g/mol. The maximum absolute atomic E-state index is 11.8. The van der Waals surface area contributed by atoms with Crippen LogP contribution in [0.5, 0.6) is 0 Å². The van der Waals surface area contributed by atoms with Crippen molar-refractivity contribution in [2.45, 2.75) is 19.6 Å². The number of cyclic esters (lactones) is 2. The van der Waals surface area contributed by atoms with E-state index in [0.29, 0.717) is 0 Å². The van der Waals surface area contributed by atoms with Crippen molar-refractivity contribution >= 4 is 12.1 Å². The third-order valence-electron chi connectivity index (χ3n) is 2.76. The van der Waals surface area contributed by atoms with Crippen LogP contribution < -0.4 is 0 Å². The summed E-state index contributed by atoms with van der Waals surface area (Å²) in [4.78, 5) is 22.6. The van der Waals surface area contributed by atoms with Crippen LogP contribution in [0.4, 0.5) is 4.79 Å². The van der Waals surface area contributed by atoms with E-state index in [-0.39, 0.29) is 13.2 Å². The summed E-state index contributed by atoms with van der Waals surface area (Å²) in [6.07, 6.45) is -1.26. The van der Waals surface area contributed by atoms with Gasteiger partial charge in [-0.05, 0) is 12.5 Å². The fraction of sp³-hybridized carbons (Fsp3) is 0.385. The number of hydrogen-bond acceptors (Lipinski definition) is 5. The lowest BCUT2D eigenvalue weighted by Gasteiger charge is -2.26.